The Morgan fingerprint density at radius 3 is 2.64 bits per heavy atom. The molecule has 2 heterocycles. The highest BCUT2D eigenvalue weighted by atomic mass is 32.2. The molecule has 2 fully saturated rings. The lowest BCUT2D eigenvalue weighted by atomic mass is 9.97. The number of benzene rings is 1. The molecule has 8 nitrogen and oxygen atoms in total. The quantitative estimate of drug-likeness (QED) is 0.588. The van der Waals surface area contributed by atoms with E-state index in [2.05, 4.69) is 16.1 Å². The van der Waals surface area contributed by atoms with Crippen LogP contribution < -0.4 is 10.2 Å². The first kappa shape index (κ1) is 26.9. The summed E-state index contributed by atoms with van der Waals surface area (Å²) in [5, 5.41) is 2.69. The maximum atomic E-state index is 14.0. The van der Waals surface area contributed by atoms with Gasteiger partial charge in [0.2, 0.25) is 5.91 Å². The number of fused-ring (bicyclic) bond motifs is 1. The van der Waals surface area contributed by atoms with E-state index in [1.165, 1.54) is 7.11 Å². The van der Waals surface area contributed by atoms with Crippen LogP contribution in [0, 0.1) is 6.92 Å². The number of ether oxygens (including phenoxy) is 1. The largest absolute Gasteiger partial charge is 0.453 e. The summed E-state index contributed by atoms with van der Waals surface area (Å²) >= 11 is 1.65. The zero-order valence-electron chi connectivity index (χ0n) is 21.8. The molecule has 2 radical (unpaired) electrons. The van der Waals surface area contributed by atoms with Gasteiger partial charge in [0.1, 0.15) is 0 Å². The number of hydrogen-bond donors (Lipinski definition) is 1. The maximum absolute atomic E-state index is 14.0. The highest BCUT2D eigenvalue weighted by Gasteiger charge is 2.49. The highest BCUT2D eigenvalue weighted by molar-refractivity contribution is 8.01. The van der Waals surface area contributed by atoms with Crippen LogP contribution >= 0.6 is 11.8 Å². The molecule has 10 heteroatoms. The van der Waals surface area contributed by atoms with Gasteiger partial charge in [0.05, 0.1) is 17.5 Å². The monoisotopic (exact) mass is 512 g/mol. The number of amides is 3. The van der Waals surface area contributed by atoms with E-state index in [0.29, 0.717) is 18.7 Å². The second-order valence-electron chi connectivity index (χ2n) is 10.4. The maximum Gasteiger partial charge on any atom is 0.406 e. The molecule has 1 saturated heterocycles. The Morgan fingerprint density at radius 1 is 1.28 bits per heavy atom. The average Bonchev–Trinajstić information content (AvgIpc) is 3.30. The summed E-state index contributed by atoms with van der Waals surface area (Å²) in [7, 11) is 7.42. The van der Waals surface area contributed by atoms with Crippen LogP contribution in [0.3, 0.4) is 0 Å². The molecule has 1 aromatic carbocycles. The number of aryl methyl sites for hydroxylation is 1. The van der Waals surface area contributed by atoms with E-state index >= 15 is 0 Å². The van der Waals surface area contributed by atoms with Crippen LogP contribution in [-0.2, 0) is 9.53 Å². The van der Waals surface area contributed by atoms with Crippen molar-refractivity contribution in [3.63, 3.8) is 0 Å². The number of nitrogens with one attached hydrogen (secondary N) is 1. The molecular formula is C26H37BN4O4S. The van der Waals surface area contributed by atoms with E-state index in [0.717, 1.165) is 61.2 Å². The zero-order valence-corrected chi connectivity index (χ0v) is 22.7. The molecular weight excluding hydrogens is 475 g/mol. The predicted molar refractivity (Wildman–Crippen MR) is 143 cm³/mol. The predicted octanol–water partition coefficient (Wildman–Crippen LogP) is 3.50. The lowest BCUT2D eigenvalue weighted by Gasteiger charge is -2.42. The van der Waals surface area contributed by atoms with Crippen molar-refractivity contribution in [2.45, 2.75) is 81.0 Å². The standard InChI is InChI=1S/C26H37BN4O4S/c1-17(2)31(19-8-7-12-29(27)16-19)23(32)20-15-21-22(14-18(20)3)36-26(9-5-6-10-26)24(33)30(21)13-11-28-25(34)35-4/h14-15,17,19H,5-13,16H2,1-4H3,(H,28,34)/t19-/m1/s1. The van der Waals surface area contributed by atoms with Crippen LogP contribution in [0.1, 0.15) is 68.3 Å². The molecule has 194 valence electrons. The minimum absolute atomic E-state index is 0.0163. The fraction of sp³-hybridized carbons (Fsp3) is 0.654. The molecule has 0 aromatic heterocycles. The highest BCUT2D eigenvalue weighted by Crippen LogP contribution is 2.53. The molecule has 3 aliphatic rings. The van der Waals surface area contributed by atoms with Gasteiger partial charge in [0.25, 0.3) is 5.91 Å². The van der Waals surface area contributed by atoms with Gasteiger partial charge < -0.3 is 24.7 Å². The van der Waals surface area contributed by atoms with Gasteiger partial charge in [-0.3, -0.25) is 9.59 Å². The Bertz CT molecular complexity index is 1010. The third kappa shape index (κ3) is 5.25. The molecule has 1 N–H and O–H groups in total. The van der Waals surface area contributed by atoms with Crippen LogP contribution in [0.15, 0.2) is 17.0 Å². The van der Waals surface area contributed by atoms with Crippen molar-refractivity contribution in [3.8, 4) is 0 Å². The van der Waals surface area contributed by atoms with Crippen molar-refractivity contribution >= 4 is 43.3 Å². The van der Waals surface area contributed by atoms with E-state index in [1.54, 1.807) is 21.5 Å². The van der Waals surface area contributed by atoms with Gasteiger partial charge in [0.15, 0.2) is 7.98 Å². The second-order valence-corrected chi connectivity index (χ2v) is 11.8. The Labute approximate surface area is 219 Å². The Hall–Kier alpha value is -2.20. The van der Waals surface area contributed by atoms with Gasteiger partial charge in [-0.25, -0.2) is 4.79 Å². The molecule has 1 aliphatic carbocycles. The molecule has 1 aromatic rings. The Balaban J connectivity index is 1.69. The molecule has 1 spiro atoms. The smallest absolute Gasteiger partial charge is 0.406 e. The fourth-order valence-electron chi connectivity index (χ4n) is 5.80. The number of nitrogens with zero attached hydrogens (tertiary/aromatic N) is 3. The first-order chi connectivity index (χ1) is 17.2. The summed E-state index contributed by atoms with van der Waals surface area (Å²) in [5.41, 5.74) is 2.27. The number of hydrogen-bond acceptors (Lipinski definition) is 6. The summed E-state index contributed by atoms with van der Waals surface area (Å²) in [6.45, 7) is 8.12. The van der Waals surface area contributed by atoms with Crippen molar-refractivity contribution in [1.29, 1.82) is 0 Å². The van der Waals surface area contributed by atoms with Crippen molar-refractivity contribution < 1.29 is 19.1 Å². The van der Waals surface area contributed by atoms with Gasteiger partial charge in [0, 0.05) is 42.2 Å². The van der Waals surface area contributed by atoms with Crippen LogP contribution in [-0.4, -0.2) is 85.7 Å². The molecule has 3 amide bonds. The molecule has 0 bridgehead atoms. The minimum Gasteiger partial charge on any atom is -0.453 e. The Morgan fingerprint density at radius 2 is 2.00 bits per heavy atom. The first-order valence-corrected chi connectivity index (χ1v) is 13.8. The van der Waals surface area contributed by atoms with Crippen molar-refractivity contribution in [1.82, 2.24) is 15.0 Å². The van der Waals surface area contributed by atoms with Gasteiger partial charge >= 0.3 is 6.09 Å². The number of carbonyl (C=O) groups is 3. The number of alkyl carbamates (subject to hydrolysis) is 1. The van der Waals surface area contributed by atoms with Gasteiger partial charge in [-0.1, -0.05) is 12.8 Å². The summed E-state index contributed by atoms with van der Waals surface area (Å²) in [4.78, 5) is 45.9. The lowest BCUT2D eigenvalue weighted by molar-refractivity contribution is -0.121. The lowest BCUT2D eigenvalue weighted by Crippen LogP contribution is -2.52. The zero-order chi connectivity index (χ0) is 26.0. The third-order valence-corrected chi connectivity index (χ3v) is 9.10. The van der Waals surface area contributed by atoms with Crippen LogP contribution in [0.25, 0.3) is 0 Å². The second kappa shape index (κ2) is 11.0. The Kier molecular flexibility index (Phi) is 8.24. The van der Waals surface area contributed by atoms with E-state index in [4.69, 9.17) is 7.98 Å². The molecule has 4 rings (SSSR count). The number of piperidine rings is 1. The van der Waals surface area contributed by atoms with Crippen molar-refractivity contribution in [2.75, 3.05) is 38.2 Å². The molecule has 2 aliphatic heterocycles. The third-order valence-electron chi connectivity index (χ3n) is 7.58. The van der Waals surface area contributed by atoms with Gasteiger partial charge in [-0.05, 0) is 70.7 Å². The fourth-order valence-corrected chi connectivity index (χ4v) is 7.42. The average molecular weight is 512 g/mol. The summed E-state index contributed by atoms with van der Waals surface area (Å²) < 4.78 is 4.22. The molecule has 1 atom stereocenters. The van der Waals surface area contributed by atoms with Crippen molar-refractivity contribution in [3.05, 3.63) is 23.3 Å². The van der Waals surface area contributed by atoms with Gasteiger partial charge in [-0.15, -0.1) is 11.8 Å². The summed E-state index contributed by atoms with van der Waals surface area (Å²) in [5.74, 6) is 0.0371. The van der Waals surface area contributed by atoms with Crippen LogP contribution in [0.2, 0.25) is 0 Å². The van der Waals surface area contributed by atoms with E-state index in [1.807, 2.05) is 31.7 Å². The molecule has 0 unspecified atom stereocenters. The summed E-state index contributed by atoms with van der Waals surface area (Å²) in [6, 6.07) is 4.01. The van der Waals surface area contributed by atoms with E-state index < -0.39 is 10.8 Å². The van der Waals surface area contributed by atoms with Crippen molar-refractivity contribution in [2.24, 2.45) is 0 Å². The number of anilines is 1. The van der Waals surface area contributed by atoms with Crippen LogP contribution in [0.4, 0.5) is 10.5 Å². The number of methoxy groups -OCH3 is 1. The topological polar surface area (TPSA) is 82.2 Å². The van der Waals surface area contributed by atoms with Crippen LogP contribution in [0.5, 0.6) is 0 Å². The number of carbonyl (C=O) groups excluding carboxylic acids is 3. The summed E-state index contributed by atoms with van der Waals surface area (Å²) in [6.07, 6.45) is 5.09. The SMILES string of the molecule is [B]N1CCC[C@@H](N(C(=O)c2cc3c(cc2C)SC2(CCCC2)C(=O)N3CCNC(=O)OC)C(C)C)C1. The first-order valence-electron chi connectivity index (χ1n) is 13.0. The number of thioether (sulfide) groups is 1. The van der Waals surface area contributed by atoms with E-state index in [9.17, 15) is 14.4 Å². The van der Waals surface area contributed by atoms with Gasteiger partial charge in [-0.2, -0.15) is 0 Å². The molecule has 1 saturated carbocycles. The van der Waals surface area contributed by atoms with E-state index in [-0.39, 0.29) is 30.4 Å². The number of rotatable bonds is 6. The molecule has 36 heavy (non-hydrogen) atoms. The normalized spacial score (nSPS) is 21.5. The minimum atomic E-state index is -0.529.